The van der Waals surface area contributed by atoms with Gasteiger partial charge in [-0.3, -0.25) is 9.59 Å². The molecule has 0 spiro atoms. The molecule has 4 rings (SSSR count). The van der Waals surface area contributed by atoms with Crippen LogP contribution in [0.1, 0.15) is 34.0 Å². The summed E-state index contributed by atoms with van der Waals surface area (Å²) in [7, 11) is 0. The topological polar surface area (TPSA) is 62.9 Å². The van der Waals surface area contributed by atoms with Gasteiger partial charge in [0.2, 0.25) is 0 Å². The van der Waals surface area contributed by atoms with Crippen LogP contribution in [0.2, 0.25) is 0 Å². The Kier molecular flexibility index (Phi) is 6.77. The van der Waals surface area contributed by atoms with Crippen LogP contribution in [0.15, 0.2) is 77.6 Å². The van der Waals surface area contributed by atoms with E-state index in [-0.39, 0.29) is 22.6 Å². The van der Waals surface area contributed by atoms with Crippen molar-refractivity contribution in [3.63, 3.8) is 0 Å². The van der Waals surface area contributed by atoms with Crippen LogP contribution in [-0.4, -0.2) is 10.4 Å². The first kappa shape index (κ1) is 25.5. The lowest BCUT2D eigenvalue weighted by atomic mass is 9.98. The fourth-order valence-corrected chi connectivity index (χ4v) is 3.95. The van der Waals surface area contributed by atoms with Crippen molar-refractivity contribution in [3.8, 4) is 28.5 Å². The molecule has 0 saturated carbocycles. The second-order valence-corrected chi connectivity index (χ2v) is 8.27. The van der Waals surface area contributed by atoms with Crippen LogP contribution in [0.4, 0.5) is 22.0 Å². The fraction of sp³-hybridized carbons (Fsp3) is 0.107. The van der Waals surface area contributed by atoms with Crippen molar-refractivity contribution < 1.29 is 26.7 Å². The van der Waals surface area contributed by atoms with Gasteiger partial charge in [0.15, 0.2) is 5.78 Å². The Morgan fingerprint density at radius 2 is 1.59 bits per heavy atom. The average Bonchev–Trinajstić information content (AvgIpc) is 2.85. The van der Waals surface area contributed by atoms with Crippen LogP contribution >= 0.6 is 0 Å². The normalized spacial score (nSPS) is 11.3. The van der Waals surface area contributed by atoms with Crippen LogP contribution in [0, 0.1) is 23.0 Å². The van der Waals surface area contributed by atoms with Gasteiger partial charge < -0.3 is 4.57 Å². The average molecular weight is 508 g/mol. The SMILES string of the molecule is CC(=O)c1ccc(-c2cccc(-c3cc(C(F)(F)F)c(C#N)c(=O)n3Cc3ccc(F)cc3F)c2)cc1. The molecule has 0 atom stereocenters. The summed E-state index contributed by atoms with van der Waals surface area (Å²) in [6.45, 7) is 0.882. The van der Waals surface area contributed by atoms with Crippen LogP contribution < -0.4 is 5.56 Å². The molecule has 1 heterocycles. The second-order valence-electron chi connectivity index (χ2n) is 8.27. The number of carbonyl (C=O) groups is 1. The maximum atomic E-state index is 14.4. The molecule has 0 N–H and O–H groups in total. The summed E-state index contributed by atoms with van der Waals surface area (Å²) in [6.07, 6.45) is -5.00. The molecule has 0 amide bonds. The van der Waals surface area contributed by atoms with Crippen molar-refractivity contribution in [1.29, 1.82) is 5.26 Å². The Bertz CT molecular complexity index is 1610. The molecule has 0 aliphatic carbocycles. The molecule has 1 aromatic heterocycles. The number of nitriles is 1. The summed E-state index contributed by atoms with van der Waals surface area (Å²) < 4.78 is 70.0. The summed E-state index contributed by atoms with van der Waals surface area (Å²) in [5.74, 6) is -1.98. The standard InChI is InChI=1S/C28H17F5N2O2/c1-16(36)17-5-7-18(8-6-17)19-3-2-4-20(11-19)26-13-24(28(31,32)33)23(14-34)27(37)35(26)15-21-9-10-22(29)12-25(21)30/h2-13H,15H2,1H3. The third kappa shape index (κ3) is 5.19. The first-order chi connectivity index (χ1) is 17.5. The van der Waals surface area contributed by atoms with E-state index in [9.17, 15) is 36.8 Å². The predicted molar refractivity (Wildman–Crippen MR) is 127 cm³/mol. The van der Waals surface area contributed by atoms with Crippen molar-refractivity contribution in [2.24, 2.45) is 0 Å². The number of Topliss-reactive ketones (excluding diaryl/α,β-unsaturated/α-hetero) is 1. The fourth-order valence-electron chi connectivity index (χ4n) is 3.95. The van der Waals surface area contributed by atoms with E-state index in [4.69, 9.17) is 0 Å². The number of hydrogen-bond acceptors (Lipinski definition) is 3. The van der Waals surface area contributed by atoms with Gasteiger partial charge in [0.1, 0.15) is 23.3 Å². The number of ketones is 1. The molecule has 0 fully saturated rings. The molecule has 9 heteroatoms. The summed E-state index contributed by atoms with van der Waals surface area (Å²) in [5, 5.41) is 9.35. The molecule has 0 saturated heterocycles. The number of benzene rings is 3. The second kappa shape index (κ2) is 9.82. The first-order valence-electron chi connectivity index (χ1n) is 10.9. The highest BCUT2D eigenvalue weighted by Crippen LogP contribution is 2.35. The number of halogens is 5. The lowest BCUT2D eigenvalue weighted by molar-refractivity contribution is -0.137. The summed E-state index contributed by atoms with van der Waals surface area (Å²) >= 11 is 0. The van der Waals surface area contributed by atoms with E-state index in [0.29, 0.717) is 28.8 Å². The van der Waals surface area contributed by atoms with Gasteiger partial charge >= 0.3 is 6.18 Å². The van der Waals surface area contributed by atoms with E-state index in [2.05, 4.69) is 0 Å². The van der Waals surface area contributed by atoms with Gasteiger partial charge in [0.05, 0.1) is 17.8 Å². The summed E-state index contributed by atoms with van der Waals surface area (Å²) in [6, 6.07) is 17.5. The zero-order valence-electron chi connectivity index (χ0n) is 19.2. The number of alkyl halides is 3. The summed E-state index contributed by atoms with van der Waals surface area (Å²) in [4.78, 5) is 24.7. The van der Waals surface area contributed by atoms with Crippen molar-refractivity contribution >= 4 is 5.78 Å². The molecule has 37 heavy (non-hydrogen) atoms. The van der Waals surface area contributed by atoms with Crippen LogP contribution in [0.5, 0.6) is 0 Å². The number of nitrogens with zero attached hydrogens (tertiary/aromatic N) is 2. The van der Waals surface area contributed by atoms with E-state index in [1.54, 1.807) is 42.5 Å². The van der Waals surface area contributed by atoms with Crippen LogP contribution in [0.25, 0.3) is 22.4 Å². The minimum absolute atomic E-state index is 0.130. The molecule has 0 unspecified atom stereocenters. The number of hydrogen-bond donors (Lipinski definition) is 0. The van der Waals surface area contributed by atoms with Crippen molar-refractivity contribution in [1.82, 2.24) is 4.57 Å². The number of rotatable bonds is 5. The Balaban J connectivity index is 1.94. The van der Waals surface area contributed by atoms with Crippen LogP contribution in [-0.2, 0) is 12.7 Å². The van der Waals surface area contributed by atoms with E-state index < -0.39 is 41.0 Å². The molecule has 186 valence electrons. The largest absolute Gasteiger partial charge is 0.417 e. The maximum Gasteiger partial charge on any atom is 0.417 e. The minimum atomic E-state index is -5.00. The summed E-state index contributed by atoms with van der Waals surface area (Å²) in [5.41, 5.74) is -2.23. The lowest BCUT2D eigenvalue weighted by Gasteiger charge is -2.18. The van der Waals surface area contributed by atoms with E-state index in [1.165, 1.54) is 19.1 Å². The van der Waals surface area contributed by atoms with Gasteiger partial charge in [0, 0.05) is 17.2 Å². The van der Waals surface area contributed by atoms with Gasteiger partial charge in [-0.2, -0.15) is 18.4 Å². The van der Waals surface area contributed by atoms with Gasteiger partial charge in [-0.15, -0.1) is 0 Å². The molecule has 0 radical (unpaired) electrons. The third-order valence-corrected chi connectivity index (χ3v) is 5.84. The van der Waals surface area contributed by atoms with Crippen molar-refractivity contribution in [3.05, 3.63) is 117 Å². The smallest absolute Gasteiger partial charge is 0.303 e. The molecular weight excluding hydrogens is 491 g/mol. The molecule has 4 nitrogen and oxygen atoms in total. The van der Waals surface area contributed by atoms with Gasteiger partial charge in [-0.05, 0) is 41.8 Å². The Morgan fingerprint density at radius 1 is 0.919 bits per heavy atom. The molecule has 0 bridgehead atoms. The Morgan fingerprint density at radius 3 is 2.19 bits per heavy atom. The molecular formula is C28H17F5N2O2. The zero-order chi connectivity index (χ0) is 26.9. The highest BCUT2D eigenvalue weighted by molar-refractivity contribution is 5.94. The number of aromatic nitrogens is 1. The molecule has 4 aromatic rings. The highest BCUT2D eigenvalue weighted by Gasteiger charge is 2.36. The van der Waals surface area contributed by atoms with E-state index >= 15 is 0 Å². The molecule has 0 aliphatic rings. The zero-order valence-corrected chi connectivity index (χ0v) is 19.2. The van der Waals surface area contributed by atoms with Crippen molar-refractivity contribution in [2.45, 2.75) is 19.6 Å². The molecule has 0 aliphatic heterocycles. The Labute approximate surface area is 207 Å². The third-order valence-electron chi connectivity index (χ3n) is 5.84. The van der Waals surface area contributed by atoms with Crippen molar-refractivity contribution in [2.75, 3.05) is 0 Å². The quantitative estimate of drug-likeness (QED) is 0.225. The van der Waals surface area contributed by atoms with Gasteiger partial charge in [0.25, 0.3) is 5.56 Å². The van der Waals surface area contributed by atoms with E-state index in [1.807, 2.05) is 0 Å². The predicted octanol–water partition coefficient (Wildman–Crippen LogP) is 6.60. The monoisotopic (exact) mass is 508 g/mol. The molecule has 3 aromatic carbocycles. The highest BCUT2D eigenvalue weighted by atomic mass is 19.4. The Hall–Kier alpha value is -4.58. The van der Waals surface area contributed by atoms with E-state index in [0.717, 1.165) is 16.7 Å². The minimum Gasteiger partial charge on any atom is -0.303 e. The lowest BCUT2D eigenvalue weighted by Crippen LogP contribution is -2.29. The van der Waals surface area contributed by atoms with Gasteiger partial charge in [-0.1, -0.05) is 48.5 Å². The number of pyridine rings is 1. The number of carbonyl (C=O) groups excluding carboxylic acids is 1. The van der Waals surface area contributed by atoms with Gasteiger partial charge in [-0.25, -0.2) is 8.78 Å². The van der Waals surface area contributed by atoms with Crippen LogP contribution in [0.3, 0.4) is 0 Å². The first-order valence-corrected chi connectivity index (χ1v) is 10.9. The maximum absolute atomic E-state index is 14.4.